The van der Waals surface area contributed by atoms with E-state index in [2.05, 4.69) is 14.7 Å². The molecule has 1 aliphatic rings. The average molecular weight is 461 g/mol. The second-order valence-electron chi connectivity index (χ2n) is 7.90. The van der Waals surface area contributed by atoms with E-state index in [1.807, 2.05) is 13.0 Å². The SMILES string of the molecule is [C-]#[N+]c1ccc2c(n1)c(N1CCN(C(C)c3ccc(F)cc3)CC1)c([N+](=O)[O-])c(=O)n2CC#N. The van der Waals surface area contributed by atoms with Crippen LogP contribution in [0.5, 0.6) is 0 Å². The fourth-order valence-corrected chi connectivity index (χ4v) is 4.32. The van der Waals surface area contributed by atoms with Crippen molar-refractivity contribution in [1.29, 1.82) is 5.26 Å². The standard InChI is InChI=1S/C23H20FN7O3/c1-15(16-3-5-17(24)6-4-16)28-11-13-29(14-12-28)21-20-18(7-8-19(26-2)27-20)30(10-9-25)23(32)22(21)31(33)34/h3-8,15H,10-14H2,1H3. The van der Waals surface area contributed by atoms with Gasteiger partial charge in [0.15, 0.2) is 5.69 Å². The molecular formula is C23H20FN7O3. The first-order valence-corrected chi connectivity index (χ1v) is 10.6. The van der Waals surface area contributed by atoms with E-state index in [9.17, 15) is 19.3 Å². The van der Waals surface area contributed by atoms with Crippen LogP contribution in [0.2, 0.25) is 0 Å². The number of aromatic nitrogens is 2. The van der Waals surface area contributed by atoms with Gasteiger partial charge in [-0.05, 0) is 36.8 Å². The Morgan fingerprint density at radius 1 is 1.24 bits per heavy atom. The Kier molecular flexibility index (Phi) is 6.21. The molecule has 3 aromatic rings. The maximum absolute atomic E-state index is 13.3. The molecule has 1 unspecified atom stereocenters. The molecule has 0 spiro atoms. The Morgan fingerprint density at radius 3 is 2.50 bits per heavy atom. The van der Waals surface area contributed by atoms with Crippen molar-refractivity contribution in [3.8, 4) is 6.07 Å². The zero-order chi connectivity index (χ0) is 24.4. The average Bonchev–Trinajstić information content (AvgIpc) is 2.85. The van der Waals surface area contributed by atoms with Crippen LogP contribution in [0.3, 0.4) is 0 Å². The zero-order valence-electron chi connectivity index (χ0n) is 18.3. The number of anilines is 1. The predicted octanol–water partition coefficient (Wildman–Crippen LogP) is 3.40. The molecule has 4 rings (SSSR count). The van der Waals surface area contributed by atoms with Gasteiger partial charge in [0.2, 0.25) is 5.52 Å². The molecular weight excluding hydrogens is 441 g/mol. The van der Waals surface area contributed by atoms with E-state index in [0.29, 0.717) is 26.2 Å². The Hall–Kier alpha value is -4.35. The van der Waals surface area contributed by atoms with Crippen LogP contribution in [0, 0.1) is 33.8 Å². The minimum Gasteiger partial charge on any atom is -0.361 e. The number of piperazine rings is 1. The molecule has 11 heteroatoms. The van der Waals surface area contributed by atoms with Crippen molar-refractivity contribution >= 4 is 28.2 Å². The maximum atomic E-state index is 13.3. The number of hydrogen-bond acceptors (Lipinski definition) is 7. The number of benzene rings is 1. The number of rotatable bonds is 5. The fraction of sp³-hybridized carbons (Fsp3) is 0.304. The first-order valence-electron chi connectivity index (χ1n) is 10.6. The molecule has 0 bridgehead atoms. The van der Waals surface area contributed by atoms with Crippen molar-refractivity contribution in [3.63, 3.8) is 0 Å². The molecule has 10 nitrogen and oxygen atoms in total. The van der Waals surface area contributed by atoms with E-state index in [0.717, 1.165) is 10.1 Å². The van der Waals surface area contributed by atoms with Gasteiger partial charge in [-0.1, -0.05) is 18.7 Å². The maximum Gasteiger partial charge on any atom is 0.361 e. The molecule has 0 saturated carbocycles. The van der Waals surface area contributed by atoms with E-state index in [4.69, 9.17) is 11.8 Å². The Morgan fingerprint density at radius 2 is 1.91 bits per heavy atom. The highest BCUT2D eigenvalue weighted by Gasteiger charge is 2.34. The molecule has 34 heavy (non-hydrogen) atoms. The van der Waals surface area contributed by atoms with Gasteiger partial charge in [-0.3, -0.25) is 24.4 Å². The zero-order valence-corrected chi connectivity index (χ0v) is 18.3. The van der Waals surface area contributed by atoms with E-state index in [1.54, 1.807) is 17.0 Å². The summed E-state index contributed by atoms with van der Waals surface area (Å²) in [5, 5.41) is 21.1. The summed E-state index contributed by atoms with van der Waals surface area (Å²) in [7, 11) is 0. The lowest BCUT2D eigenvalue weighted by atomic mass is 10.1. The highest BCUT2D eigenvalue weighted by molar-refractivity contribution is 5.94. The molecule has 0 amide bonds. The number of nitro groups is 1. The van der Waals surface area contributed by atoms with Crippen molar-refractivity contribution in [2.45, 2.75) is 19.5 Å². The predicted molar refractivity (Wildman–Crippen MR) is 123 cm³/mol. The van der Waals surface area contributed by atoms with Gasteiger partial charge in [0, 0.05) is 32.2 Å². The molecule has 172 valence electrons. The van der Waals surface area contributed by atoms with Crippen LogP contribution < -0.4 is 10.5 Å². The molecule has 3 heterocycles. The number of pyridine rings is 2. The number of fused-ring (bicyclic) bond motifs is 1. The molecule has 1 aliphatic heterocycles. The molecule has 0 N–H and O–H groups in total. The van der Waals surface area contributed by atoms with Crippen molar-refractivity contribution in [2.75, 3.05) is 31.1 Å². The summed E-state index contributed by atoms with van der Waals surface area (Å²) < 4.78 is 14.3. The largest absolute Gasteiger partial charge is 0.361 e. The van der Waals surface area contributed by atoms with E-state index in [1.165, 1.54) is 24.3 Å². The quantitative estimate of drug-likeness (QED) is 0.325. The third kappa shape index (κ3) is 4.05. The molecule has 2 aromatic heterocycles. The number of hydrogen-bond donors (Lipinski definition) is 0. The van der Waals surface area contributed by atoms with Crippen LogP contribution in [0.1, 0.15) is 18.5 Å². The summed E-state index contributed by atoms with van der Waals surface area (Å²) in [4.78, 5) is 35.8. The number of nitriles is 1. The van der Waals surface area contributed by atoms with Gasteiger partial charge in [-0.25, -0.2) is 4.39 Å². The van der Waals surface area contributed by atoms with Crippen molar-refractivity contribution in [2.24, 2.45) is 0 Å². The van der Waals surface area contributed by atoms with Crippen LogP contribution >= 0.6 is 0 Å². The van der Waals surface area contributed by atoms with Crippen LogP contribution in [0.25, 0.3) is 15.9 Å². The van der Waals surface area contributed by atoms with Gasteiger partial charge in [0.1, 0.15) is 12.4 Å². The third-order valence-corrected chi connectivity index (χ3v) is 6.10. The minimum absolute atomic E-state index is 0.00458. The second kappa shape index (κ2) is 9.25. The minimum atomic E-state index is -0.881. The third-order valence-electron chi connectivity index (χ3n) is 6.10. The molecule has 0 radical (unpaired) electrons. The fourth-order valence-electron chi connectivity index (χ4n) is 4.32. The van der Waals surface area contributed by atoms with Crippen LogP contribution in [-0.4, -0.2) is 45.6 Å². The lowest BCUT2D eigenvalue weighted by molar-refractivity contribution is -0.385. The van der Waals surface area contributed by atoms with Crippen LogP contribution in [0.15, 0.2) is 41.2 Å². The summed E-state index contributed by atoms with van der Waals surface area (Å²) in [5.41, 5.74) is -0.102. The van der Waals surface area contributed by atoms with Gasteiger partial charge in [0.05, 0.1) is 16.5 Å². The topological polar surface area (TPSA) is 113 Å². The van der Waals surface area contributed by atoms with E-state index >= 15 is 0 Å². The lowest BCUT2D eigenvalue weighted by Gasteiger charge is -2.38. The van der Waals surface area contributed by atoms with Crippen molar-refractivity contribution < 1.29 is 9.31 Å². The summed E-state index contributed by atoms with van der Waals surface area (Å²) in [6.07, 6.45) is 0. The summed E-state index contributed by atoms with van der Waals surface area (Å²) in [6, 6.07) is 11.1. The van der Waals surface area contributed by atoms with Crippen LogP contribution in [0.4, 0.5) is 21.6 Å². The molecule has 1 saturated heterocycles. The normalized spacial score (nSPS) is 15.0. The lowest BCUT2D eigenvalue weighted by Crippen LogP contribution is -2.48. The highest BCUT2D eigenvalue weighted by atomic mass is 19.1. The first kappa shape index (κ1) is 22.8. The Bertz CT molecular complexity index is 1400. The summed E-state index contributed by atoms with van der Waals surface area (Å²) in [6.45, 7) is 10.8. The monoisotopic (exact) mass is 461 g/mol. The molecule has 0 aliphatic carbocycles. The van der Waals surface area contributed by atoms with Gasteiger partial charge < -0.3 is 9.74 Å². The Labute approximate surface area is 194 Å². The van der Waals surface area contributed by atoms with Gasteiger partial charge in [0.25, 0.3) is 5.82 Å². The van der Waals surface area contributed by atoms with Crippen molar-refractivity contribution in [3.05, 3.63) is 79.7 Å². The molecule has 1 atom stereocenters. The van der Waals surface area contributed by atoms with Gasteiger partial charge >= 0.3 is 11.2 Å². The number of nitrogens with zero attached hydrogens (tertiary/aromatic N) is 7. The first-order chi connectivity index (χ1) is 16.3. The second-order valence-corrected chi connectivity index (χ2v) is 7.90. The smallest absolute Gasteiger partial charge is 0.361 e. The van der Waals surface area contributed by atoms with Crippen molar-refractivity contribution in [1.82, 2.24) is 14.5 Å². The number of halogens is 1. The summed E-state index contributed by atoms with van der Waals surface area (Å²) >= 11 is 0. The van der Waals surface area contributed by atoms with Crippen LogP contribution in [-0.2, 0) is 6.54 Å². The van der Waals surface area contributed by atoms with Gasteiger partial charge in [-0.2, -0.15) is 5.26 Å². The van der Waals surface area contributed by atoms with E-state index in [-0.39, 0.29) is 40.9 Å². The van der Waals surface area contributed by atoms with Gasteiger partial charge in [-0.15, -0.1) is 4.98 Å². The molecule has 1 aromatic carbocycles. The summed E-state index contributed by atoms with van der Waals surface area (Å²) in [5.74, 6) is -0.272. The highest BCUT2D eigenvalue weighted by Crippen LogP contribution is 2.35. The molecule has 1 fully saturated rings. The Balaban J connectivity index is 1.75. The van der Waals surface area contributed by atoms with E-state index < -0.39 is 16.2 Å².